The molecule has 1 amide bonds. The van der Waals surface area contributed by atoms with Crippen LogP contribution >= 0.6 is 0 Å². The van der Waals surface area contributed by atoms with E-state index in [0.717, 1.165) is 43.8 Å². The number of hydrogen-bond acceptors (Lipinski definition) is 5. The molecule has 26 heavy (non-hydrogen) atoms. The van der Waals surface area contributed by atoms with Crippen molar-refractivity contribution in [1.82, 2.24) is 10.2 Å². The first-order valence-corrected chi connectivity index (χ1v) is 9.05. The Morgan fingerprint density at radius 3 is 2.85 bits per heavy atom. The minimum atomic E-state index is -0.208. The van der Waals surface area contributed by atoms with E-state index in [9.17, 15) is 9.90 Å². The summed E-state index contributed by atoms with van der Waals surface area (Å²) in [5.74, 6) is 1.89. The number of furan rings is 1. The van der Waals surface area contributed by atoms with Gasteiger partial charge in [0.15, 0.2) is 5.76 Å². The summed E-state index contributed by atoms with van der Waals surface area (Å²) in [4.78, 5) is 14.6. The molecule has 0 radical (unpaired) electrons. The average molecular weight is 358 g/mol. The highest BCUT2D eigenvalue weighted by molar-refractivity contribution is 5.92. The van der Waals surface area contributed by atoms with E-state index in [1.165, 1.54) is 0 Å². The standard InChI is InChI=1S/C20H26N2O4/c1-25-17-6-4-16(5-7-17)18-8-9-19(26-18)20(24)21-10-12-22-11-2-3-15(13-22)14-23/h4-9,15,23H,2-3,10-14H2,1H3,(H,21,24)/t15-/m1/s1. The van der Waals surface area contributed by atoms with Crippen molar-refractivity contribution in [3.63, 3.8) is 0 Å². The molecule has 140 valence electrons. The van der Waals surface area contributed by atoms with Gasteiger partial charge in [-0.2, -0.15) is 0 Å². The second kappa shape index (κ2) is 8.87. The Balaban J connectivity index is 1.50. The quantitative estimate of drug-likeness (QED) is 0.795. The Bertz CT molecular complexity index is 711. The highest BCUT2D eigenvalue weighted by Gasteiger charge is 2.19. The number of methoxy groups -OCH3 is 1. The van der Waals surface area contributed by atoms with Crippen LogP contribution < -0.4 is 10.1 Å². The van der Waals surface area contributed by atoms with Crippen LogP contribution in [0, 0.1) is 5.92 Å². The summed E-state index contributed by atoms with van der Waals surface area (Å²) in [5, 5.41) is 12.2. The van der Waals surface area contributed by atoms with Crippen molar-refractivity contribution >= 4 is 5.91 Å². The lowest BCUT2D eigenvalue weighted by atomic mass is 9.99. The number of hydrogen-bond donors (Lipinski definition) is 2. The molecular formula is C20H26N2O4. The van der Waals surface area contributed by atoms with Gasteiger partial charge >= 0.3 is 0 Å². The summed E-state index contributed by atoms with van der Waals surface area (Å²) >= 11 is 0. The van der Waals surface area contributed by atoms with Crippen molar-refractivity contribution in [1.29, 1.82) is 0 Å². The predicted octanol–water partition coefficient (Wildman–Crippen LogP) is 2.39. The van der Waals surface area contributed by atoms with E-state index in [2.05, 4.69) is 10.2 Å². The molecule has 2 aromatic rings. The van der Waals surface area contributed by atoms with Crippen LogP contribution in [0.3, 0.4) is 0 Å². The van der Waals surface area contributed by atoms with E-state index in [0.29, 0.717) is 24.0 Å². The molecule has 0 aliphatic carbocycles. The van der Waals surface area contributed by atoms with E-state index in [-0.39, 0.29) is 12.5 Å². The lowest BCUT2D eigenvalue weighted by Gasteiger charge is -2.31. The van der Waals surface area contributed by atoms with Gasteiger partial charge in [0.2, 0.25) is 0 Å². The molecule has 1 aliphatic rings. The van der Waals surface area contributed by atoms with Gasteiger partial charge < -0.3 is 24.5 Å². The number of rotatable bonds is 7. The monoisotopic (exact) mass is 358 g/mol. The predicted molar refractivity (Wildman–Crippen MR) is 99.3 cm³/mol. The third-order valence-electron chi connectivity index (χ3n) is 4.78. The highest BCUT2D eigenvalue weighted by Crippen LogP contribution is 2.24. The number of aliphatic hydroxyl groups excluding tert-OH is 1. The second-order valence-corrected chi connectivity index (χ2v) is 6.64. The van der Waals surface area contributed by atoms with Gasteiger partial charge in [0, 0.05) is 31.8 Å². The number of amides is 1. The fraction of sp³-hybridized carbons (Fsp3) is 0.450. The number of aliphatic hydroxyl groups is 1. The zero-order valence-electron chi connectivity index (χ0n) is 15.1. The smallest absolute Gasteiger partial charge is 0.287 e. The Hall–Kier alpha value is -2.31. The number of benzene rings is 1. The number of likely N-dealkylation sites (tertiary alicyclic amines) is 1. The van der Waals surface area contributed by atoms with Crippen LogP contribution in [0.5, 0.6) is 5.75 Å². The van der Waals surface area contributed by atoms with E-state index < -0.39 is 0 Å². The van der Waals surface area contributed by atoms with Crippen molar-refractivity contribution in [2.45, 2.75) is 12.8 Å². The third-order valence-corrected chi connectivity index (χ3v) is 4.78. The van der Waals surface area contributed by atoms with E-state index in [1.54, 1.807) is 19.2 Å². The summed E-state index contributed by atoms with van der Waals surface area (Å²) in [6.45, 7) is 3.51. The Labute approximate surface area is 153 Å². The summed E-state index contributed by atoms with van der Waals surface area (Å²) < 4.78 is 10.8. The molecule has 6 heteroatoms. The summed E-state index contributed by atoms with van der Waals surface area (Å²) in [6.07, 6.45) is 2.18. The number of ether oxygens (including phenoxy) is 1. The minimum absolute atomic E-state index is 0.208. The van der Waals surface area contributed by atoms with Crippen LogP contribution in [-0.2, 0) is 0 Å². The fourth-order valence-electron chi connectivity index (χ4n) is 3.29. The van der Waals surface area contributed by atoms with Gasteiger partial charge in [-0.25, -0.2) is 0 Å². The van der Waals surface area contributed by atoms with E-state index in [1.807, 2.05) is 24.3 Å². The Morgan fingerprint density at radius 1 is 1.31 bits per heavy atom. The number of carbonyl (C=O) groups excluding carboxylic acids is 1. The SMILES string of the molecule is COc1ccc(-c2ccc(C(=O)NCCN3CCC[C@@H](CO)C3)o2)cc1. The van der Waals surface area contributed by atoms with Crippen LogP contribution in [0.15, 0.2) is 40.8 Å². The molecular weight excluding hydrogens is 332 g/mol. The molecule has 1 atom stereocenters. The van der Waals surface area contributed by atoms with Crippen LogP contribution in [0.1, 0.15) is 23.4 Å². The molecule has 0 unspecified atom stereocenters. The Morgan fingerprint density at radius 2 is 2.12 bits per heavy atom. The number of carbonyl (C=O) groups is 1. The van der Waals surface area contributed by atoms with Crippen LogP contribution in [0.4, 0.5) is 0 Å². The molecule has 1 saturated heterocycles. The van der Waals surface area contributed by atoms with Crippen LogP contribution in [0.2, 0.25) is 0 Å². The molecule has 2 heterocycles. The molecule has 2 N–H and O–H groups in total. The first-order valence-electron chi connectivity index (χ1n) is 9.05. The molecule has 3 rings (SSSR count). The second-order valence-electron chi connectivity index (χ2n) is 6.64. The molecule has 1 aliphatic heterocycles. The molecule has 0 saturated carbocycles. The zero-order chi connectivity index (χ0) is 18.4. The van der Waals surface area contributed by atoms with Crippen molar-refractivity contribution in [3.05, 3.63) is 42.2 Å². The van der Waals surface area contributed by atoms with E-state index >= 15 is 0 Å². The normalized spacial score (nSPS) is 17.8. The van der Waals surface area contributed by atoms with Gasteiger partial charge in [0.1, 0.15) is 11.5 Å². The first kappa shape index (κ1) is 18.5. The number of nitrogens with one attached hydrogen (secondary N) is 1. The molecule has 6 nitrogen and oxygen atoms in total. The largest absolute Gasteiger partial charge is 0.497 e. The van der Waals surface area contributed by atoms with Crippen molar-refractivity contribution in [3.8, 4) is 17.1 Å². The van der Waals surface area contributed by atoms with Crippen molar-refractivity contribution < 1.29 is 19.1 Å². The van der Waals surface area contributed by atoms with Gasteiger partial charge in [-0.1, -0.05) is 0 Å². The molecule has 1 fully saturated rings. The van der Waals surface area contributed by atoms with Crippen LogP contribution in [0.25, 0.3) is 11.3 Å². The summed E-state index contributed by atoms with van der Waals surface area (Å²) in [7, 11) is 1.62. The Kier molecular flexibility index (Phi) is 6.30. The zero-order valence-corrected chi connectivity index (χ0v) is 15.1. The lowest BCUT2D eigenvalue weighted by molar-refractivity contribution is 0.0905. The van der Waals surface area contributed by atoms with Gasteiger partial charge in [-0.15, -0.1) is 0 Å². The van der Waals surface area contributed by atoms with Gasteiger partial charge in [0.05, 0.1) is 7.11 Å². The topological polar surface area (TPSA) is 74.9 Å². The molecule has 0 spiro atoms. The number of nitrogens with zero attached hydrogens (tertiary/aromatic N) is 1. The maximum absolute atomic E-state index is 12.3. The summed E-state index contributed by atoms with van der Waals surface area (Å²) in [5.41, 5.74) is 0.896. The first-order chi connectivity index (χ1) is 12.7. The highest BCUT2D eigenvalue weighted by atomic mass is 16.5. The van der Waals surface area contributed by atoms with Gasteiger partial charge in [-0.3, -0.25) is 4.79 Å². The maximum atomic E-state index is 12.3. The molecule has 0 bridgehead atoms. The average Bonchev–Trinajstić information content (AvgIpc) is 3.18. The molecule has 1 aromatic heterocycles. The minimum Gasteiger partial charge on any atom is -0.497 e. The number of piperidine rings is 1. The van der Waals surface area contributed by atoms with Gasteiger partial charge in [0.25, 0.3) is 5.91 Å². The lowest BCUT2D eigenvalue weighted by Crippen LogP contribution is -2.41. The van der Waals surface area contributed by atoms with E-state index in [4.69, 9.17) is 9.15 Å². The van der Waals surface area contributed by atoms with Crippen molar-refractivity contribution in [2.75, 3.05) is 39.9 Å². The third kappa shape index (κ3) is 4.65. The van der Waals surface area contributed by atoms with Gasteiger partial charge in [-0.05, 0) is 61.7 Å². The summed E-state index contributed by atoms with van der Waals surface area (Å²) in [6, 6.07) is 11.0. The molecule has 1 aromatic carbocycles. The van der Waals surface area contributed by atoms with Crippen LogP contribution in [-0.4, -0.2) is 55.8 Å². The van der Waals surface area contributed by atoms with Crippen molar-refractivity contribution in [2.24, 2.45) is 5.92 Å². The fourth-order valence-corrected chi connectivity index (χ4v) is 3.29. The maximum Gasteiger partial charge on any atom is 0.287 e.